The Hall–Kier alpha value is -1.36. The lowest BCUT2D eigenvalue weighted by atomic mass is 10.1. The highest BCUT2D eigenvalue weighted by atomic mass is 35.5. The zero-order chi connectivity index (χ0) is 14.9. The van der Waals surface area contributed by atoms with Gasteiger partial charge in [-0.05, 0) is 23.8 Å². The van der Waals surface area contributed by atoms with Crippen LogP contribution in [0.4, 0.5) is 4.39 Å². The molecule has 0 amide bonds. The summed E-state index contributed by atoms with van der Waals surface area (Å²) < 4.78 is 17.9. The van der Waals surface area contributed by atoms with Crippen LogP contribution in [-0.2, 0) is 4.74 Å². The van der Waals surface area contributed by atoms with Crippen molar-refractivity contribution in [2.24, 2.45) is 0 Å². The van der Waals surface area contributed by atoms with E-state index in [9.17, 15) is 9.18 Å². The van der Waals surface area contributed by atoms with Gasteiger partial charge in [-0.25, -0.2) is 9.78 Å². The lowest BCUT2D eigenvalue weighted by Crippen LogP contribution is -2.06. The van der Waals surface area contributed by atoms with Crippen molar-refractivity contribution in [3.05, 3.63) is 51.0 Å². The number of hydrogen-bond acceptors (Lipinski definition) is 3. The lowest BCUT2D eigenvalue weighted by molar-refractivity contribution is 0.0594. The molecule has 0 fully saturated rings. The SMILES string of the molecule is COC(=O)c1cc(-c2cc(Cl)c(Cl)c(Cl)c2)cnc1F. The summed E-state index contributed by atoms with van der Waals surface area (Å²) in [5.74, 6) is -1.73. The average molecular weight is 335 g/mol. The smallest absolute Gasteiger partial charge is 0.342 e. The number of pyridine rings is 1. The second-order valence-corrected chi connectivity index (χ2v) is 5.00. The summed E-state index contributed by atoms with van der Waals surface area (Å²) >= 11 is 17.7. The van der Waals surface area contributed by atoms with Gasteiger partial charge in [-0.3, -0.25) is 0 Å². The van der Waals surface area contributed by atoms with Gasteiger partial charge in [-0.2, -0.15) is 4.39 Å². The van der Waals surface area contributed by atoms with E-state index in [2.05, 4.69) is 9.72 Å². The molecular formula is C13H7Cl3FNO2. The first-order chi connectivity index (χ1) is 9.43. The van der Waals surface area contributed by atoms with E-state index >= 15 is 0 Å². The predicted molar refractivity (Wildman–Crippen MR) is 76.0 cm³/mol. The molecule has 0 aliphatic carbocycles. The summed E-state index contributed by atoms with van der Waals surface area (Å²) in [5.41, 5.74) is 0.751. The minimum absolute atomic E-state index is 0.223. The Morgan fingerprint density at radius 1 is 1.15 bits per heavy atom. The normalized spacial score (nSPS) is 10.4. The van der Waals surface area contributed by atoms with E-state index in [0.29, 0.717) is 11.1 Å². The molecule has 0 radical (unpaired) electrons. The second-order valence-electron chi connectivity index (χ2n) is 3.81. The van der Waals surface area contributed by atoms with Gasteiger partial charge in [0, 0.05) is 11.8 Å². The lowest BCUT2D eigenvalue weighted by Gasteiger charge is -2.07. The zero-order valence-corrected chi connectivity index (χ0v) is 12.4. The van der Waals surface area contributed by atoms with Gasteiger partial charge >= 0.3 is 5.97 Å². The van der Waals surface area contributed by atoms with Crippen molar-refractivity contribution in [1.29, 1.82) is 0 Å². The summed E-state index contributed by atoms with van der Waals surface area (Å²) in [6, 6.07) is 4.40. The van der Waals surface area contributed by atoms with Crippen LogP contribution in [0.5, 0.6) is 0 Å². The number of aromatic nitrogens is 1. The Morgan fingerprint density at radius 2 is 1.75 bits per heavy atom. The molecule has 1 heterocycles. The number of methoxy groups -OCH3 is 1. The van der Waals surface area contributed by atoms with Crippen molar-refractivity contribution >= 4 is 40.8 Å². The zero-order valence-electron chi connectivity index (χ0n) is 10.1. The maximum Gasteiger partial charge on any atom is 0.342 e. The molecule has 2 aromatic rings. The molecular weight excluding hydrogens is 328 g/mol. The van der Waals surface area contributed by atoms with Gasteiger partial charge in [0.1, 0.15) is 5.56 Å². The highest BCUT2D eigenvalue weighted by Crippen LogP contribution is 2.35. The Labute approximate surface area is 129 Å². The molecule has 20 heavy (non-hydrogen) atoms. The fraction of sp³-hybridized carbons (Fsp3) is 0.0769. The molecule has 7 heteroatoms. The highest BCUT2D eigenvalue weighted by molar-refractivity contribution is 6.48. The van der Waals surface area contributed by atoms with E-state index in [0.717, 1.165) is 7.11 Å². The van der Waals surface area contributed by atoms with Crippen molar-refractivity contribution in [2.45, 2.75) is 0 Å². The third-order valence-corrected chi connectivity index (χ3v) is 3.76. The van der Waals surface area contributed by atoms with Gasteiger partial charge in [0.25, 0.3) is 0 Å². The molecule has 0 atom stereocenters. The maximum absolute atomic E-state index is 13.5. The van der Waals surface area contributed by atoms with Crippen LogP contribution in [0, 0.1) is 5.95 Å². The number of benzene rings is 1. The molecule has 104 valence electrons. The Bertz CT molecular complexity index is 668. The van der Waals surface area contributed by atoms with Gasteiger partial charge in [0.2, 0.25) is 5.95 Å². The first-order valence-electron chi connectivity index (χ1n) is 5.32. The van der Waals surface area contributed by atoms with Gasteiger partial charge in [0.05, 0.1) is 22.2 Å². The van der Waals surface area contributed by atoms with Gasteiger partial charge < -0.3 is 4.74 Å². The number of carbonyl (C=O) groups excluding carboxylic acids is 1. The molecule has 0 aliphatic rings. The second kappa shape index (κ2) is 5.95. The number of ether oxygens (including phenoxy) is 1. The fourth-order valence-corrected chi connectivity index (χ4v) is 2.18. The minimum Gasteiger partial charge on any atom is -0.465 e. The fourth-order valence-electron chi connectivity index (χ4n) is 1.58. The first kappa shape index (κ1) is 15.0. The monoisotopic (exact) mass is 333 g/mol. The maximum atomic E-state index is 13.5. The van der Waals surface area contributed by atoms with E-state index in [1.54, 1.807) is 12.1 Å². The molecule has 3 nitrogen and oxygen atoms in total. The molecule has 2 rings (SSSR count). The van der Waals surface area contributed by atoms with E-state index in [1.807, 2.05) is 0 Å². The highest BCUT2D eigenvalue weighted by Gasteiger charge is 2.16. The molecule has 0 saturated heterocycles. The molecule has 0 aliphatic heterocycles. The van der Waals surface area contributed by atoms with Crippen molar-refractivity contribution in [3.8, 4) is 11.1 Å². The third kappa shape index (κ3) is 2.87. The van der Waals surface area contributed by atoms with E-state index < -0.39 is 11.9 Å². The van der Waals surface area contributed by atoms with Crippen LogP contribution in [0.15, 0.2) is 24.4 Å². The quantitative estimate of drug-likeness (QED) is 0.456. The van der Waals surface area contributed by atoms with Crippen LogP contribution in [-0.4, -0.2) is 18.1 Å². The van der Waals surface area contributed by atoms with Crippen LogP contribution >= 0.6 is 34.8 Å². The number of hydrogen-bond donors (Lipinski definition) is 0. The molecule has 0 spiro atoms. The average Bonchev–Trinajstić information content (AvgIpc) is 2.44. The molecule has 0 unspecified atom stereocenters. The van der Waals surface area contributed by atoms with E-state index in [-0.39, 0.29) is 20.6 Å². The van der Waals surface area contributed by atoms with Gasteiger partial charge in [0.15, 0.2) is 0 Å². The number of nitrogens with zero attached hydrogens (tertiary/aromatic N) is 1. The van der Waals surface area contributed by atoms with Crippen LogP contribution < -0.4 is 0 Å². The summed E-state index contributed by atoms with van der Waals surface area (Å²) in [7, 11) is 1.16. The first-order valence-corrected chi connectivity index (χ1v) is 6.46. The Morgan fingerprint density at radius 3 is 2.30 bits per heavy atom. The molecule has 0 bridgehead atoms. The van der Waals surface area contributed by atoms with Crippen molar-refractivity contribution in [1.82, 2.24) is 4.98 Å². The number of carbonyl (C=O) groups is 1. The van der Waals surface area contributed by atoms with E-state index in [4.69, 9.17) is 34.8 Å². The minimum atomic E-state index is -0.910. The topological polar surface area (TPSA) is 39.2 Å². The molecule has 1 aromatic heterocycles. The standard InChI is InChI=1S/C13H7Cl3FNO2/c1-20-13(19)8-2-7(5-18-12(8)17)6-3-9(14)11(16)10(15)4-6/h2-5H,1H3. The number of halogens is 4. The van der Waals surface area contributed by atoms with Crippen molar-refractivity contribution < 1.29 is 13.9 Å². The van der Waals surface area contributed by atoms with Crippen LogP contribution in [0.1, 0.15) is 10.4 Å². The number of esters is 1. The Balaban J connectivity index is 2.56. The summed E-state index contributed by atoms with van der Waals surface area (Å²) in [6.07, 6.45) is 1.26. The molecule has 0 saturated carbocycles. The largest absolute Gasteiger partial charge is 0.465 e. The third-order valence-electron chi connectivity index (χ3n) is 2.56. The van der Waals surface area contributed by atoms with Crippen molar-refractivity contribution in [2.75, 3.05) is 7.11 Å². The van der Waals surface area contributed by atoms with Crippen molar-refractivity contribution in [3.63, 3.8) is 0 Å². The van der Waals surface area contributed by atoms with Crippen LogP contribution in [0.25, 0.3) is 11.1 Å². The number of rotatable bonds is 2. The van der Waals surface area contributed by atoms with Gasteiger partial charge in [-0.15, -0.1) is 0 Å². The summed E-state index contributed by atoms with van der Waals surface area (Å²) in [4.78, 5) is 14.9. The summed E-state index contributed by atoms with van der Waals surface area (Å²) in [6.45, 7) is 0. The Kier molecular flexibility index (Phi) is 4.48. The predicted octanol–water partition coefficient (Wildman–Crippen LogP) is 4.63. The molecule has 0 N–H and O–H groups in total. The van der Waals surface area contributed by atoms with Crippen LogP contribution in [0.3, 0.4) is 0 Å². The summed E-state index contributed by atoms with van der Waals surface area (Å²) in [5, 5.41) is 0.719. The van der Waals surface area contributed by atoms with E-state index in [1.165, 1.54) is 12.3 Å². The van der Waals surface area contributed by atoms with Crippen LogP contribution in [0.2, 0.25) is 15.1 Å². The molecule has 1 aromatic carbocycles. The van der Waals surface area contributed by atoms with Gasteiger partial charge in [-0.1, -0.05) is 34.8 Å².